The number of fused-ring (bicyclic) bond motifs is 3. The molecule has 0 fully saturated rings. The highest BCUT2D eigenvalue weighted by molar-refractivity contribution is 9.10. The number of rotatable bonds is 3. The number of benzene rings is 2. The van der Waals surface area contributed by atoms with Crippen LogP contribution in [0.4, 0.5) is 13.2 Å². The summed E-state index contributed by atoms with van der Waals surface area (Å²) >= 11 is 3.18. The summed E-state index contributed by atoms with van der Waals surface area (Å²) < 4.78 is 51.7. The Bertz CT molecular complexity index is 945. The van der Waals surface area contributed by atoms with Crippen LogP contribution in [0.15, 0.2) is 40.9 Å². The highest BCUT2D eigenvalue weighted by atomic mass is 79.9. The van der Waals surface area contributed by atoms with Gasteiger partial charge < -0.3 is 14.0 Å². The molecule has 2 heterocycles. The van der Waals surface area contributed by atoms with E-state index in [1.165, 1.54) is 12.1 Å². The molecule has 0 N–H and O–H groups in total. The number of hydrogen-bond donors (Lipinski definition) is 0. The average molecular weight is 413 g/mol. The lowest BCUT2D eigenvalue weighted by Gasteiger charge is -2.28. The van der Waals surface area contributed by atoms with Crippen molar-refractivity contribution in [3.63, 3.8) is 0 Å². The van der Waals surface area contributed by atoms with E-state index in [0.29, 0.717) is 26.9 Å². The highest BCUT2D eigenvalue weighted by Gasteiger charge is 2.28. The van der Waals surface area contributed by atoms with Gasteiger partial charge in [-0.1, -0.05) is 18.2 Å². The second-order valence-electron chi connectivity index (χ2n) is 5.60. The van der Waals surface area contributed by atoms with E-state index in [2.05, 4.69) is 25.7 Å². The topological polar surface area (TPSA) is 36.3 Å². The Hall–Kier alpha value is -2.06. The summed E-state index contributed by atoms with van der Waals surface area (Å²) in [5.41, 5.74) is 1.74. The maximum absolute atomic E-state index is 13.8. The second kappa shape index (κ2) is 6.34. The van der Waals surface area contributed by atoms with Crippen molar-refractivity contribution in [2.75, 3.05) is 6.61 Å². The van der Waals surface area contributed by atoms with Crippen molar-refractivity contribution in [3.05, 3.63) is 58.1 Å². The Labute approximate surface area is 149 Å². The Kier molecular flexibility index (Phi) is 4.16. The monoisotopic (exact) mass is 412 g/mol. The van der Waals surface area contributed by atoms with E-state index in [1.54, 1.807) is 24.3 Å². The third kappa shape index (κ3) is 2.89. The van der Waals surface area contributed by atoms with Crippen molar-refractivity contribution in [1.82, 2.24) is 9.55 Å². The number of halogens is 4. The molecule has 4 rings (SSSR count). The minimum atomic E-state index is -2.92. The van der Waals surface area contributed by atoms with Gasteiger partial charge in [0.05, 0.1) is 28.2 Å². The predicted octanol–water partition coefficient (Wildman–Crippen LogP) is 4.66. The zero-order chi connectivity index (χ0) is 17.6. The van der Waals surface area contributed by atoms with Gasteiger partial charge in [-0.3, -0.25) is 0 Å². The molecule has 25 heavy (non-hydrogen) atoms. The van der Waals surface area contributed by atoms with Crippen LogP contribution in [0.5, 0.6) is 5.75 Å². The normalized spacial score (nSPS) is 17.1. The Morgan fingerprint density at radius 3 is 2.88 bits per heavy atom. The summed E-state index contributed by atoms with van der Waals surface area (Å²) in [5, 5.41) is 0. The quantitative estimate of drug-likeness (QED) is 0.627. The van der Waals surface area contributed by atoms with Crippen molar-refractivity contribution in [2.45, 2.75) is 19.3 Å². The van der Waals surface area contributed by atoms with Crippen LogP contribution in [0.2, 0.25) is 0 Å². The Balaban J connectivity index is 1.89. The average Bonchev–Trinajstić information content (AvgIpc) is 2.93. The highest BCUT2D eigenvalue weighted by Crippen LogP contribution is 2.36. The Morgan fingerprint density at radius 2 is 2.08 bits per heavy atom. The van der Waals surface area contributed by atoms with Gasteiger partial charge in [-0.15, -0.1) is 0 Å². The summed E-state index contributed by atoms with van der Waals surface area (Å²) in [4.78, 5) is 4.41. The molecule has 0 spiro atoms. The van der Waals surface area contributed by atoms with Crippen molar-refractivity contribution < 1.29 is 22.6 Å². The first-order valence-electron chi connectivity index (χ1n) is 7.52. The number of ether oxygens (including phenoxy) is 2. The SMILES string of the molecule is Fc1cc2nc3n(c2cc1Br)[C@H](c1ccccc1OC(F)F)COC3. The smallest absolute Gasteiger partial charge is 0.387 e. The molecule has 0 saturated carbocycles. The van der Waals surface area contributed by atoms with E-state index in [9.17, 15) is 13.2 Å². The van der Waals surface area contributed by atoms with E-state index in [-0.39, 0.29) is 19.0 Å². The van der Waals surface area contributed by atoms with Gasteiger partial charge in [0, 0.05) is 11.6 Å². The molecule has 1 atom stereocenters. The van der Waals surface area contributed by atoms with Crippen LogP contribution in [0.3, 0.4) is 0 Å². The third-order valence-electron chi connectivity index (χ3n) is 4.12. The molecule has 1 aromatic heterocycles. The van der Waals surface area contributed by atoms with Gasteiger partial charge in [0.15, 0.2) is 0 Å². The lowest BCUT2D eigenvalue weighted by Crippen LogP contribution is -2.25. The first-order chi connectivity index (χ1) is 12.0. The molecule has 0 amide bonds. The molecule has 0 unspecified atom stereocenters. The van der Waals surface area contributed by atoms with Crippen LogP contribution >= 0.6 is 15.9 Å². The van der Waals surface area contributed by atoms with Gasteiger partial charge in [-0.25, -0.2) is 9.37 Å². The molecule has 2 aromatic carbocycles. The molecule has 3 aromatic rings. The molecule has 130 valence electrons. The number of imidazole rings is 1. The first kappa shape index (κ1) is 16.4. The Morgan fingerprint density at radius 1 is 1.28 bits per heavy atom. The number of aromatic nitrogens is 2. The van der Waals surface area contributed by atoms with E-state index >= 15 is 0 Å². The number of nitrogens with zero attached hydrogens (tertiary/aromatic N) is 2. The third-order valence-corrected chi connectivity index (χ3v) is 4.72. The van der Waals surface area contributed by atoms with E-state index in [4.69, 9.17) is 4.74 Å². The van der Waals surface area contributed by atoms with E-state index in [0.717, 1.165) is 0 Å². The van der Waals surface area contributed by atoms with E-state index in [1.807, 2.05) is 4.57 Å². The maximum atomic E-state index is 13.8. The molecule has 4 nitrogen and oxygen atoms in total. The van der Waals surface area contributed by atoms with Crippen molar-refractivity contribution >= 4 is 27.0 Å². The van der Waals surface area contributed by atoms with Gasteiger partial charge in [0.2, 0.25) is 0 Å². The molecule has 8 heteroatoms. The van der Waals surface area contributed by atoms with Crippen LogP contribution in [-0.4, -0.2) is 22.8 Å². The van der Waals surface area contributed by atoms with Crippen molar-refractivity contribution in [1.29, 1.82) is 0 Å². The molecular weight excluding hydrogens is 401 g/mol. The fourth-order valence-corrected chi connectivity index (χ4v) is 3.45. The van der Waals surface area contributed by atoms with Gasteiger partial charge in [0.1, 0.15) is 24.0 Å². The van der Waals surface area contributed by atoms with Gasteiger partial charge in [0.25, 0.3) is 0 Å². The molecule has 1 aliphatic heterocycles. The lowest BCUT2D eigenvalue weighted by atomic mass is 10.0. The van der Waals surface area contributed by atoms with Crippen LogP contribution in [-0.2, 0) is 11.3 Å². The molecule has 0 bridgehead atoms. The largest absolute Gasteiger partial charge is 0.434 e. The molecule has 0 radical (unpaired) electrons. The van der Waals surface area contributed by atoms with Crippen molar-refractivity contribution in [2.24, 2.45) is 0 Å². The van der Waals surface area contributed by atoms with Crippen LogP contribution in [0.25, 0.3) is 11.0 Å². The van der Waals surface area contributed by atoms with Crippen molar-refractivity contribution in [3.8, 4) is 5.75 Å². The minimum absolute atomic E-state index is 0.0852. The second-order valence-corrected chi connectivity index (χ2v) is 6.45. The molecule has 0 aliphatic carbocycles. The maximum Gasteiger partial charge on any atom is 0.387 e. The van der Waals surface area contributed by atoms with Gasteiger partial charge >= 0.3 is 6.61 Å². The summed E-state index contributed by atoms with van der Waals surface area (Å²) in [6.45, 7) is -2.38. The predicted molar refractivity (Wildman–Crippen MR) is 88.3 cm³/mol. The standard InChI is InChI=1S/C17H12BrF3N2O2/c18-10-5-13-12(6-11(10)19)22-16-8-24-7-14(23(13)16)9-3-1-2-4-15(9)25-17(20)21/h1-6,14,17H,7-8H2/t14-/m0/s1. The first-order valence-corrected chi connectivity index (χ1v) is 8.31. The fourth-order valence-electron chi connectivity index (χ4n) is 3.11. The van der Waals surface area contributed by atoms with Gasteiger partial charge in [-0.05, 0) is 28.1 Å². The number of hydrogen-bond acceptors (Lipinski definition) is 3. The number of alkyl halides is 2. The van der Waals surface area contributed by atoms with E-state index < -0.39 is 18.5 Å². The number of para-hydroxylation sites is 1. The summed E-state index contributed by atoms with van der Waals surface area (Å²) in [5.74, 6) is 0.277. The fraction of sp³-hybridized carbons (Fsp3) is 0.235. The van der Waals surface area contributed by atoms with Crippen LogP contribution in [0, 0.1) is 5.82 Å². The zero-order valence-corrected chi connectivity index (χ0v) is 14.3. The van der Waals surface area contributed by atoms with Crippen LogP contribution < -0.4 is 4.74 Å². The lowest BCUT2D eigenvalue weighted by molar-refractivity contribution is -0.0512. The zero-order valence-electron chi connectivity index (χ0n) is 12.8. The minimum Gasteiger partial charge on any atom is -0.434 e. The van der Waals surface area contributed by atoms with Crippen LogP contribution in [0.1, 0.15) is 17.4 Å². The molecule has 0 saturated heterocycles. The molecular formula is C17H12BrF3N2O2. The summed E-state index contributed by atoms with van der Waals surface area (Å²) in [6, 6.07) is 9.15. The van der Waals surface area contributed by atoms with Gasteiger partial charge in [-0.2, -0.15) is 8.78 Å². The summed E-state index contributed by atoms with van der Waals surface area (Å²) in [6.07, 6.45) is 0. The summed E-state index contributed by atoms with van der Waals surface area (Å²) in [7, 11) is 0. The molecule has 1 aliphatic rings.